The molecule has 0 spiro atoms. The second-order valence-electron chi connectivity index (χ2n) is 9.87. The van der Waals surface area contributed by atoms with Gasteiger partial charge >= 0.3 is 6.18 Å². The van der Waals surface area contributed by atoms with Crippen LogP contribution in [-0.2, 0) is 33.2 Å². The first-order valence-electron chi connectivity index (χ1n) is 12.4. The summed E-state index contributed by atoms with van der Waals surface area (Å²) in [5, 5.41) is 4.96. The van der Waals surface area contributed by atoms with Crippen LogP contribution in [0.5, 0.6) is 5.75 Å². The first-order valence-corrected chi connectivity index (χ1v) is 12.4. The molecule has 0 radical (unpaired) electrons. The van der Waals surface area contributed by atoms with Crippen molar-refractivity contribution < 1.29 is 17.9 Å². The van der Waals surface area contributed by atoms with E-state index >= 15 is 0 Å². The van der Waals surface area contributed by atoms with Crippen molar-refractivity contribution in [3.05, 3.63) is 71.2 Å². The summed E-state index contributed by atoms with van der Waals surface area (Å²) in [6, 6.07) is 13.8. The summed E-state index contributed by atoms with van der Waals surface area (Å²) < 4.78 is 48.5. The van der Waals surface area contributed by atoms with Gasteiger partial charge in [-0.2, -0.15) is 18.3 Å². The molecule has 0 atom stereocenters. The van der Waals surface area contributed by atoms with Gasteiger partial charge in [0.2, 0.25) is 0 Å². The molecule has 192 valence electrons. The molecule has 1 aliphatic heterocycles. The first-order chi connectivity index (χ1) is 17.7. The van der Waals surface area contributed by atoms with Gasteiger partial charge in [0.1, 0.15) is 17.3 Å². The van der Waals surface area contributed by atoms with E-state index < -0.39 is 11.9 Å². The normalized spacial score (nSPS) is 15.7. The third-order valence-corrected chi connectivity index (χ3v) is 7.43. The van der Waals surface area contributed by atoms with Crippen molar-refractivity contribution in [2.75, 3.05) is 18.6 Å². The molecule has 1 fully saturated rings. The van der Waals surface area contributed by atoms with Crippen molar-refractivity contribution in [3.8, 4) is 28.4 Å². The number of imidazole rings is 1. The third-order valence-electron chi connectivity index (χ3n) is 7.43. The number of alkyl halides is 3. The van der Waals surface area contributed by atoms with Gasteiger partial charge in [0.25, 0.3) is 0 Å². The van der Waals surface area contributed by atoms with Crippen LogP contribution in [0.4, 0.5) is 18.9 Å². The summed E-state index contributed by atoms with van der Waals surface area (Å²) in [7, 11) is 5.29. The first kappa shape index (κ1) is 23.6. The summed E-state index contributed by atoms with van der Waals surface area (Å²) in [6.07, 6.45) is -0.220. The Hall–Kier alpha value is -3.75. The number of fused-ring (bicyclic) bond motifs is 1. The average molecular weight is 508 g/mol. The molecular weight excluding hydrogens is 479 g/mol. The minimum atomic E-state index is -4.47. The number of aryl methyl sites for hydroxylation is 2. The van der Waals surface area contributed by atoms with Gasteiger partial charge in [-0.1, -0.05) is 12.1 Å². The van der Waals surface area contributed by atoms with E-state index in [2.05, 4.69) is 22.0 Å². The number of rotatable bonds is 5. The van der Waals surface area contributed by atoms with Gasteiger partial charge < -0.3 is 14.2 Å². The number of anilines is 1. The standard InChI is InChI=1S/C28H28F3N5O/c1-34-16-24(28(29,30)31)32-27(34)18-9-11-19(12-10-18)36-14-13-22-21(15-36)26(33-35(22)2)25-20(17-7-8-17)5-4-6-23(25)37-3/h4-6,9-12,16-17H,7-8,13-15H2,1-3H3. The minimum Gasteiger partial charge on any atom is -0.496 e. The topological polar surface area (TPSA) is 48.1 Å². The lowest BCUT2D eigenvalue weighted by Crippen LogP contribution is -2.30. The van der Waals surface area contributed by atoms with Crippen molar-refractivity contribution in [2.24, 2.45) is 14.1 Å². The molecule has 0 amide bonds. The molecule has 0 bridgehead atoms. The van der Waals surface area contributed by atoms with Gasteiger partial charge in [-0.15, -0.1) is 0 Å². The second kappa shape index (κ2) is 8.68. The Morgan fingerprint density at radius 1 is 1.03 bits per heavy atom. The minimum absolute atomic E-state index is 0.290. The fraction of sp³-hybridized carbons (Fsp3) is 0.357. The smallest absolute Gasteiger partial charge is 0.434 e. The molecule has 2 aliphatic rings. The van der Waals surface area contributed by atoms with E-state index in [0.717, 1.165) is 41.9 Å². The molecule has 2 aromatic carbocycles. The van der Waals surface area contributed by atoms with Crippen LogP contribution in [0.2, 0.25) is 0 Å². The van der Waals surface area contributed by atoms with Crippen LogP contribution in [0.3, 0.4) is 0 Å². The Morgan fingerprint density at radius 3 is 2.43 bits per heavy atom. The zero-order chi connectivity index (χ0) is 25.9. The summed E-state index contributed by atoms with van der Waals surface area (Å²) in [5.41, 5.74) is 6.56. The Balaban J connectivity index is 1.32. The predicted molar refractivity (Wildman–Crippen MR) is 136 cm³/mol. The summed E-state index contributed by atoms with van der Waals surface area (Å²) in [5.74, 6) is 1.69. The zero-order valence-electron chi connectivity index (χ0n) is 21.0. The monoisotopic (exact) mass is 507 g/mol. The van der Waals surface area contributed by atoms with Crippen LogP contribution in [0.1, 0.15) is 41.3 Å². The molecule has 0 saturated heterocycles. The third kappa shape index (κ3) is 4.16. The lowest BCUT2D eigenvalue weighted by atomic mass is 9.94. The Labute approximate surface area is 213 Å². The van der Waals surface area contributed by atoms with Gasteiger partial charge in [-0.25, -0.2) is 4.98 Å². The highest BCUT2D eigenvalue weighted by molar-refractivity contribution is 5.76. The highest BCUT2D eigenvalue weighted by Gasteiger charge is 2.35. The number of methoxy groups -OCH3 is 1. The van der Waals surface area contributed by atoms with E-state index in [4.69, 9.17) is 9.84 Å². The Morgan fingerprint density at radius 2 is 1.78 bits per heavy atom. The fourth-order valence-corrected chi connectivity index (χ4v) is 5.41. The van der Waals surface area contributed by atoms with Crippen LogP contribution in [0.15, 0.2) is 48.7 Å². The van der Waals surface area contributed by atoms with E-state index in [1.54, 1.807) is 14.2 Å². The molecular formula is C28H28F3N5O. The molecule has 0 N–H and O–H groups in total. The SMILES string of the molecule is COc1cccc(C2CC2)c1-c1nn(C)c2c1CN(c1ccc(-c3nc(C(F)(F)F)cn3C)cc1)CC2. The summed E-state index contributed by atoms with van der Waals surface area (Å²) in [4.78, 5) is 6.11. The van der Waals surface area contributed by atoms with Crippen molar-refractivity contribution in [2.45, 2.75) is 37.9 Å². The van der Waals surface area contributed by atoms with Crippen LogP contribution in [-0.4, -0.2) is 33.0 Å². The molecule has 6 rings (SSSR count). The van der Waals surface area contributed by atoms with Crippen LogP contribution in [0.25, 0.3) is 22.6 Å². The van der Waals surface area contributed by atoms with Gasteiger partial charge in [-0.3, -0.25) is 4.68 Å². The van der Waals surface area contributed by atoms with E-state index in [1.807, 2.05) is 42.1 Å². The molecule has 3 heterocycles. The molecule has 2 aromatic heterocycles. The highest BCUT2D eigenvalue weighted by Crippen LogP contribution is 2.48. The molecule has 9 heteroatoms. The predicted octanol–water partition coefficient (Wildman–Crippen LogP) is 5.96. The van der Waals surface area contributed by atoms with E-state index in [0.29, 0.717) is 18.0 Å². The maximum absolute atomic E-state index is 13.1. The van der Waals surface area contributed by atoms with Crippen LogP contribution in [0, 0.1) is 0 Å². The number of nitrogens with zero attached hydrogens (tertiary/aromatic N) is 5. The van der Waals surface area contributed by atoms with E-state index in [1.165, 1.54) is 34.2 Å². The lowest BCUT2D eigenvalue weighted by Gasteiger charge is -2.30. The quantitative estimate of drug-likeness (QED) is 0.335. The largest absolute Gasteiger partial charge is 0.496 e. The van der Waals surface area contributed by atoms with Gasteiger partial charge in [0.15, 0.2) is 5.69 Å². The maximum Gasteiger partial charge on any atom is 0.434 e. The van der Waals surface area contributed by atoms with Gasteiger partial charge in [-0.05, 0) is 54.7 Å². The van der Waals surface area contributed by atoms with Gasteiger partial charge in [0.05, 0.1) is 7.11 Å². The molecule has 4 aromatic rings. The molecule has 1 saturated carbocycles. The Bertz CT molecular complexity index is 1460. The average Bonchev–Trinajstić information content (AvgIpc) is 3.58. The fourth-order valence-electron chi connectivity index (χ4n) is 5.41. The lowest BCUT2D eigenvalue weighted by molar-refractivity contribution is -0.140. The van der Waals surface area contributed by atoms with Crippen molar-refractivity contribution in [1.29, 1.82) is 0 Å². The zero-order valence-corrected chi connectivity index (χ0v) is 21.0. The van der Waals surface area contributed by atoms with E-state index in [9.17, 15) is 13.2 Å². The van der Waals surface area contributed by atoms with Crippen LogP contribution < -0.4 is 9.64 Å². The number of aromatic nitrogens is 4. The number of halogens is 3. The maximum atomic E-state index is 13.1. The van der Waals surface area contributed by atoms with E-state index in [-0.39, 0.29) is 5.82 Å². The Kier molecular flexibility index (Phi) is 5.54. The van der Waals surface area contributed by atoms with Crippen molar-refractivity contribution in [3.63, 3.8) is 0 Å². The van der Waals surface area contributed by atoms with Crippen LogP contribution >= 0.6 is 0 Å². The number of hydrogen-bond donors (Lipinski definition) is 0. The molecule has 1 aliphatic carbocycles. The highest BCUT2D eigenvalue weighted by atomic mass is 19.4. The summed E-state index contributed by atoms with van der Waals surface area (Å²) >= 11 is 0. The van der Waals surface area contributed by atoms with Gasteiger partial charge in [0, 0.05) is 67.9 Å². The number of hydrogen-bond acceptors (Lipinski definition) is 4. The molecule has 37 heavy (non-hydrogen) atoms. The molecule has 0 unspecified atom stereocenters. The summed E-state index contributed by atoms with van der Waals surface area (Å²) in [6.45, 7) is 1.52. The number of benzene rings is 2. The second-order valence-corrected chi connectivity index (χ2v) is 9.87. The van der Waals surface area contributed by atoms with Crippen molar-refractivity contribution in [1.82, 2.24) is 19.3 Å². The van der Waals surface area contributed by atoms with Crippen molar-refractivity contribution >= 4 is 5.69 Å². The number of ether oxygens (including phenoxy) is 1. The molecule has 6 nitrogen and oxygen atoms in total.